The SMILES string of the molecule is C[C@@H](O)CCCCC[C@@H](O)CCCCCCCCCCCCC[C@@H](O)CC(=O)O. The number of carboxylic acids is 1. The van der Waals surface area contributed by atoms with Gasteiger partial charge < -0.3 is 20.4 Å². The molecule has 0 spiro atoms. The van der Waals surface area contributed by atoms with Crippen LogP contribution in [-0.2, 0) is 4.79 Å². The van der Waals surface area contributed by atoms with Gasteiger partial charge in [-0.1, -0.05) is 89.9 Å². The molecule has 174 valence electrons. The van der Waals surface area contributed by atoms with Crippen LogP contribution in [0.3, 0.4) is 0 Å². The summed E-state index contributed by atoms with van der Waals surface area (Å²) in [5.74, 6) is -0.923. The fraction of sp³-hybridized carbons (Fsp3) is 0.958. The zero-order chi connectivity index (χ0) is 21.7. The number of aliphatic carboxylic acids is 1. The second kappa shape index (κ2) is 20.6. The van der Waals surface area contributed by atoms with Crippen LogP contribution in [0.5, 0.6) is 0 Å². The normalized spacial score (nSPS) is 14.6. The molecule has 0 aliphatic rings. The monoisotopic (exact) mass is 416 g/mol. The van der Waals surface area contributed by atoms with Crippen LogP contribution in [0.4, 0.5) is 0 Å². The standard InChI is InChI=1S/C24H48O5/c1-21(25)16-12-11-15-18-22(26)17-13-9-7-5-3-2-4-6-8-10-14-19-23(27)20-24(28)29/h21-23,25-27H,2-20H2,1H3,(H,28,29)/t21-,22+,23-/m1/s1. The Morgan fingerprint density at radius 1 is 0.552 bits per heavy atom. The van der Waals surface area contributed by atoms with Crippen molar-refractivity contribution in [2.24, 2.45) is 0 Å². The lowest BCUT2D eigenvalue weighted by Gasteiger charge is -2.10. The molecule has 29 heavy (non-hydrogen) atoms. The quantitative estimate of drug-likeness (QED) is 0.173. The van der Waals surface area contributed by atoms with E-state index in [2.05, 4.69) is 0 Å². The first-order chi connectivity index (χ1) is 13.9. The number of aliphatic hydroxyl groups excluding tert-OH is 3. The molecule has 0 amide bonds. The van der Waals surface area contributed by atoms with E-state index in [1.54, 1.807) is 0 Å². The number of aliphatic hydroxyl groups is 3. The van der Waals surface area contributed by atoms with Crippen molar-refractivity contribution in [3.8, 4) is 0 Å². The maximum absolute atomic E-state index is 10.5. The molecule has 5 nitrogen and oxygen atoms in total. The van der Waals surface area contributed by atoms with E-state index >= 15 is 0 Å². The van der Waals surface area contributed by atoms with Gasteiger partial charge in [-0.2, -0.15) is 0 Å². The van der Waals surface area contributed by atoms with Gasteiger partial charge in [0.15, 0.2) is 0 Å². The third kappa shape index (κ3) is 23.5. The van der Waals surface area contributed by atoms with E-state index in [9.17, 15) is 20.1 Å². The van der Waals surface area contributed by atoms with E-state index in [1.165, 1.54) is 51.4 Å². The Labute approximate surface area is 178 Å². The van der Waals surface area contributed by atoms with Crippen LogP contribution < -0.4 is 0 Å². The van der Waals surface area contributed by atoms with Crippen LogP contribution in [0.1, 0.15) is 129 Å². The highest BCUT2D eigenvalue weighted by molar-refractivity contribution is 5.67. The average molecular weight is 417 g/mol. The summed E-state index contributed by atoms with van der Waals surface area (Å²) >= 11 is 0. The average Bonchev–Trinajstić information content (AvgIpc) is 2.64. The van der Waals surface area contributed by atoms with Gasteiger partial charge in [0.05, 0.1) is 24.7 Å². The fourth-order valence-corrected chi connectivity index (χ4v) is 3.80. The van der Waals surface area contributed by atoms with Gasteiger partial charge in [0, 0.05) is 0 Å². The van der Waals surface area contributed by atoms with Crippen molar-refractivity contribution in [1.29, 1.82) is 0 Å². The highest BCUT2D eigenvalue weighted by atomic mass is 16.4. The smallest absolute Gasteiger partial charge is 0.305 e. The lowest BCUT2D eigenvalue weighted by Crippen LogP contribution is -2.12. The summed E-state index contributed by atoms with van der Waals surface area (Å²) in [6.45, 7) is 1.83. The lowest BCUT2D eigenvalue weighted by molar-refractivity contribution is -0.139. The molecule has 0 bridgehead atoms. The molecule has 4 N–H and O–H groups in total. The maximum Gasteiger partial charge on any atom is 0.305 e. The summed E-state index contributed by atoms with van der Waals surface area (Å²) in [7, 11) is 0. The molecular formula is C24H48O5. The maximum atomic E-state index is 10.5. The number of hydrogen-bond acceptors (Lipinski definition) is 4. The molecule has 0 saturated heterocycles. The van der Waals surface area contributed by atoms with Crippen molar-refractivity contribution >= 4 is 5.97 Å². The van der Waals surface area contributed by atoms with Crippen LogP contribution in [0.15, 0.2) is 0 Å². The van der Waals surface area contributed by atoms with E-state index in [0.717, 1.165) is 57.8 Å². The minimum Gasteiger partial charge on any atom is -0.481 e. The van der Waals surface area contributed by atoms with E-state index in [-0.39, 0.29) is 18.6 Å². The van der Waals surface area contributed by atoms with Crippen molar-refractivity contribution in [3.05, 3.63) is 0 Å². The molecule has 0 aromatic heterocycles. The van der Waals surface area contributed by atoms with Gasteiger partial charge in [0.1, 0.15) is 0 Å². The molecule has 0 radical (unpaired) electrons. The second-order valence-corrected chi connectivity index (χ2v) is 8.86. The van der Waals surface area contributed by atoms with Crippen molar-refractivity contribution in [2.45, 2.75) is 147 Å². The minimum atomic E-state index is -0.923. The Balaban J connectivity index is 3.20. The molecule has 0 saturated carbocycles. The van der Waals surface area contributed by atoms with E-state index < -0.39 is 12.1 Å². The molecule has 0 aliphatic heterocycles. The molecule has 0 unspecified atom stereocenters. The number of carbonyl (C=O) groups is 1. The number of hydrogen-bond donors (Lipinski definition) is 4. The minimum absolute atomic E-state index is 0.135. The number of rotatable bonds is 22. The summed E-state index contributed by atoms with van der Waals surface area (Å²) in [5, 5.41) is 37.3. The molecule has 0 heterocycles. The van der Waals surface area contributed by atoms with Gasteiger partial charge in [0.25, 0.3) is 0 Å². The summed E-state index contributed by atoms with van der Waals surface area (Å²) in [4.78, 5) is 10.5. The van der Waals surface area contributed by atoms with Gasteiger partial charge in [-0.25, -0.2) is 0 Å². The van der Waals surface area contributed by atoms with Gasteiger partial charge in [0.2, 0.25) is 0 Å². The summed E-state index contributed by atoms with van der Waals surface area (Å²) in [6.07, 6.45) is 18.5. The van der Waals surface area contributed by atoms with Crippen LogP contribution in [-0.4, -0.2) is 44.7 Å². The molecular weight excluding hydrogens is 368 g/mol. The summed E-state index contributed by atoms with van der Waals surface area (Å²) in [5.41, 5.74) is 0. The lowest BCUT2D eigenvalue weighted by atomic mass is 10.0. The van der Waals surface area contributed by atoms with E-state index in [0.29, 0.717) is 6.42 Å². The Kier molecular flexibility index (Phi) is 20.2. The highest BCUT2D eigenvalue weighted by Crippen LogP contribution is 2.15. The second-order valence-electron chi connectivity index (χ2n) is 8.86. The molecule has 3 atom stereocenters. The van der Waals surface area contributed by atoms with Crippen molar-refractivity contribution < 1.29 is 25.2 Å². The Hall–Kier alpha value is -0.650. The van der Waals surface area contributed by atoms with Crippen molar-refractivity contribution in [2.75, 3.05) is 0 Å². The fourth-order valence-electron chi connectivity index (χ4n) is 3.80. The van der Waals surface area contributed by atoms with E-state index in [1.807, 2.05) is 6.92 Å². The highest BCUT2D eigenvalue weighted by Gasteiger charge is 2.08. The van der Waals surface area contributed by atoms with E-state index in [4.69, 9.17) is 5.11 Å². The first-order valence-corrected chi connectivity index (χ1v) is 12.2. The number of unbranched alkanes of at least 4 members (excludes halogenated alkanes) is 12. The molecule has 0 aromatic carbocycles. The molecule has 0 fully saturated rings. The van der Waals surface area contributed by atoms with Crippen LogP contribution in [0, 0.1) is 0 Å². The number of carboxylic acid groups (broad SMARTS) is 1. The predicted molar refractivity (Wildman–Crippen MR) is 119 cm³/mol. The van der Waals surface area contributed by atoms with Gasteiger partial charge in [-0.15, -0.1) is 0 Å². The Morgan fingerprint density at radius 3 is 1.24 bits per heavy atom. The molecule has 0 rings (SSSR count). The van der Waals surface area contributed by atoms with Gasteiger partial charge in [-0.3, -0.25) is 4.79 Å². The zero-order valence-corrected chi connectivity index (χ0v) is 18.9. The summed E-state index contributed by atoms with van der Waals surface area (Å²) in [6, 6.07) is 0. The van der Waals surface area contributed by atoms with Crippen LogP contribution >= 0.6 is 0 Å². The van der Waals surface area contributed by atoms with Crippen molar-refractivity contribution in [1.82, 2.24) is 0 Å². The van der Waals surface area contributed by atoms with Gasteiger partial charge in [-0.05, 0) is 32.6 Å². The molecule has 0 aliphatic carbocycles. The zero-order valence-electron chi connectivity index (χ0n) is 18.9. The Morgan fingerprint density at radius 2 is 0.862 bits per heavy atom. The first-order valence-electron chi connectivity index (χ1n) is 12.2. The third-order valence-corrected chi connectivity index (χ3v) is 5.64. The summed E-state index contributed by atoms with van der Waals surface area (Å²) < 4.78 is 0. The molecule has 0 aromatic rings. The predicted octanol–water partition coefficient (Wildman–Crippen LogP) is 5.59. The molecule has 5 heteroatoms. The largest absolute Gasteiger partial charge is 0.481 e. The third-order valence-electron chi connectivity index (χ3n) is 5.64. The van der Waals surface area contributed by atoms with Crippen LogP contribution in [0.25, 0.3) is 0 Å². The first kappa shape index (κ1) is 28.4. The topological polar surface area (TPSA) is 98.0 Å². The van der Waals surface area contributed by atoms with Gasteiger partial charge >= 0.3 is 5.97 Å². The Bertz CT molecular complexity index is 359. The van der Waals surface area contributed by atoms with Crippen LogP contribution in [0.2, 0.25) is 0 Å². The van der Waals surface area contributed by atoms with Crippen molar-refractivity contribution in [3.63, 3.8) is 0 Å².